The molecule has 0 spiro atoms. The van der Waals surface area contributed by atoms with Crippen LogP contribution in [-0.2, 0) is 20.7 Å². The zero-order chi connectivity index (χ0) is 20.1. The molecule has 28 heavy (non-hydrogen) atoms. The molecule has 0 saturated carbocycles. The Morgan fingerprint density at radius 1 is 1.43 bits per heavy atom. The van der Waals surface area contributed by atoms with E-state index < -0.39 is 12.1 Å². The van der Waals surface area contributed by atoms with Gasteiger partial charge < -0.3 is 19.3 Å². The zero-order valence-corrected chi connectivity index (χ0v) is 17.6. The van der Waals surface area contributed by atoms with Gasteiger partial charge in [0.2, 0.25) is 0 Å². The van der Waals surface area contributed by atoms with E-state index in [-0.39, 0.29) is 18.9 Å². The third-order valence-corrected chi connectivity index (χ3v) is 5.68. The summed E-state index contributed by atoms with van der Waals surface area (Å²) in [5.41, 5.74) is 0.826. The van der Waals surface area contributed by atoms with E-state index in [1.165, 1.54) is 11.3 Å². The number of anilines is 1. The highest BCUT2D eigenvalue weighted by Crippen LogP contribution is 2.37. The minimum Gasteiger partial charge on any atom is -0.491 e. The Kier molecular flexibility index (Phi) is 6.93. The quantitative estimate of drug-likeness (QED) is 0.605. The zero-order valence-electron chi connectivity index (χ0n) is 15.2. The number of aliphatic carboxylic acids is 1. The van der Waals surface area contributed by atoms with Crippen molar-refractivity contribution in [3.05, 3.63) is 39.7 Å². The number of hydrogen-bond donors (Lipinski definition) is 1. The predicted octanol–water partition coefficient (Wildman–Crippen LogP) is 3.35. The van der Waals surface area contributed by atoms with Crippen molar-refractivity contribution in [2.45, 2.75) is 19.4 Å². The summed E-state index contributed by atoms with van der Waals surface area (Å²) in [5, 5.41) is 11.9. The van der Waals surface area contributed by atoms with Gasteiger partial charge in [-0.05, 0) is 52.0 Å². The van der Waals surface area contributed by atoms with Gasteiger partial charge in [0.15, 0.2) is 18.5 Å². The van der Waals surface area contributed by atoms with Crippen molar-refractivity contribution in [2.24, 2.45) is 0 Å². The molecule has 1 unspecified atom stereocenters. The van der Waals surface area contributed by atoms with Crippen LogP contribution in [0, 0.1) is 0 Å². The van der Waals surface area contributed by atoms with Crippen LogP contribution < -0.4 is 14.4 Å². The number of rotatable bonds is 9. The van der Waals surface area contributed by atoms with Crippen LogP contribution in [0.25, 0.3) is 0 Å². The number of amides is 1. The van der Waals surface area contributed by atoms with Crippen LogP contribution >= 0.6 is 27.3 Å². The molecule has 1 N–H and O–H groups in total. The first-order chi connectivity index (χ1) is 13.5. The van der Waals surface area contributed by atoms with Crippen molar-refractivity contribution >= 4 is 44.1 Å². The number of carbonyl (C=O) groups excluding carboxylic acids is 1. The number of benzene rings is 1. The van der Waals surface area contributed by atoms with E-state index in [0.29, 0.717) is 25.5 Å². The smallest absolute Gasteiger partial charge is 0.333 e. The number of carbonyl (C=O) groups is 2. The van der Waals surface area contributed by atoms with E-state index in [1.54, 1.807) is 17.9 Å². The molecule has 1 atom stereocenters. The lowest BCUT2D eigenvalue weighted by Crippen LogP contribution is -2.40. The summed E-state index contributed by atoms with van der Waals surface area (Å²) in [6.45, 7) is 2.87. The molecule has 1 aliphatic rings. The van der Waals surface area contributed by atoms with E-state index in [1.807, 2.05) is 23.6 Å². The molecule has 7 nitrogen and oxygen atoms in total. The number of fused-ring (bicyclic) bond motifs is 1. The molecule has 0 fully saturated rings. The lowest BCUT2D eigenvalue weighted by atomic mass is 10.1. The molecule has 150 valence electrons. The van der Waals surface area contributed by atoms with Crippen LogP contribution in [0.3, 0.4) is 0 Å². The Balaban J connectivity index is 1.58. The summed E-state index contributed by atoms with van der Waals surface area (Å²) >= 11 is 4.91. The van der Waals surface area contributed by atoms with E-state index in [4.69, 9.17) is 14.2 Å². The second-order valence-corrected chi connectivity index (χ2v) is 7.77. The van der Waals surface area contributed by atoms with Crippen LogP contribution in [0.1, 0.15) is 12.5 Å². The fourth-order valence-electron chi connectivity index (χ4n) is 2.82. The standard InChI is InChI=1S/C19H20BrNO6S/c1-2-25-16(19(23)24)10-12-3-4-14(13(20)9-12)26-7-6-21-17(22)11-27-15-5-8-28-18(15)21/h3-5,8-9,16H,2,6-7,10-11H2,1H3,(H,23,24). The number of halogens is 1. The van der Waals surface area contributed by atoms with E-state index in [2.05, 4.69) is 15.9 Å². The first-order valence-corrected chi connectivity index (χ1v) is 10.4. The minimum atomic E-state index is -0.985. The van der Waals surface area contributed by atoms with Gasteiger partial charge in [0, 0.05) is 13.0 Å². The van der Waals surface area contributed by atoms with Crippen molar-refractivity contribution in [2.75, 3.05) is 31.3 Å². The molecule has 2 heterocycles. The lowest BCUT2D eigenvalue weighted by Gasteiger charge is -2.26. The Labute approximate surface area is 174 Å². The molecule has 0 aliphatic carbocycles. The molecular weight excluding hydrogens is 450 g/mol. The average Bonchev–Trinajstić information content (AvgIpc) is 3.13. The summed E-state index contributed by atoms with van der Waals surface area (Å²) in [6.07, 6.45) is -0.609. The molecule has 1 aliphatic heterocycles. The summed E-state index contributed by atoms with van der Waals surface area (Å²) in [7, 11) is 0. The van der Waals surface area contributed by atoms with Crippen molar-refractivity contribution in [3.63, 3.8) is 0 Å². The number of ether oxygens (including phenoxy) is 3. The second kappa shape index (κ2) is 9.40. The third kappa shape index (κ3) is 4.84. The molecule has 0 saturated heterocycles. The van der Waals surface area contributed by atoms with Crippen LogP contribution in [0.15, 0.2) is 34.1 Å². The molecule has 1 aromatic heterocycles. The van der Waals surface area contributed by atoms with Crippen molar-refractivity contribution in [1.82, 2.24) is 0 Å². The maximum absolute atomic E-state index is 12.1. The summed E-state index contributed by atoms with van der Waals surface area (Å²) < 4.78 is 17.2. The largest absolute Gasteiger partial charge is 0.491 e. The number of nitrogens with zero attached hydrogens (tertiary/aromatic N) is 1. The van der Waals surface area contributed by atoms with Crippen LogP contribution in [-0.4, -0.2) is 49.5 Å². The lowest BCUT2D eigenvalue weighted by molar-refractivity contribution is -0.149. The second-order valence-electron chi connectivity index (χ2n) is 6.02. The molecule has 3 rings (SSSR count). The number of hydrogen-bond acceptors (Lipinski definition) is 6. The summed E-state index contributed by atoms with van der Waals surface area (Å²) in [6, 6.07) is 7.26. The monoisotopic (exact) mass is 469 g/mol. The van der Waals surface area contributed by atoms with E-state index in [9.17, 15) is 14.7 Å². The number of carboxylic acid groups (broad SMARTS) is 1. The van der Waals surface area contributed by atoms with Gasteiger partial charge in [-0.3, -0.25) is 9.69 Å². The molecule has 0 bridgehead atoms. The summed E-state index contributed by atoms with van der Waals surface area (Å²) in [5.74, 6) is 0.265. The maximum Gasteiger partial charge on any atom is 0.333 e. The van der Waals surface area contributed by atoms with Gasteiger partial charge in [-0.15, -0.1) is 11.3 Å². The van der Waals surface area contributed by atoms with Gasteiger partial charge in [-0.2, -0.15) is 0 Å². The Morgan fingerprint density at radius 3 is 2.96 bits per heavy atom. The topological polar surface area (TPSA) is 85.3 Å². The van der Waals surface area contributed by atoms with Crippen molar-refractivity contribution in [1.29, 1.82) is 0 Å². The fraction of sp³-hybridized carbons (Fsp3) is 0.368. The Bertz CT molecular complexity index is 855. The van der Waals surface area contributed by atoms with E-state index in [0.717, 1.165) is 20.8 Å². The van der Waals surface area contributed by atoms with Gasteiger partial charge in [0.1, 0.15) is 17.4 Å². The van der Waals surface area contributed by atoms with Gasteiger partial charge >= 0.3 is 5.97 Å². The number of thiophene rings is 1. The molecule has 0 radical (unpaired) electrons. The highest BCUT2D eigenvalue weighted by molar-refractivity contribution is 9.10. The normalized spacial score (nSPS) is 14.4. The molecule has 2 aromatic rings. The molecule has 1 aromatic carbocycles. The van der Waals surface area contributed by atoms with Crippen LogP contribution in [0.2, 0.25) is 0 Å². The van der Waals surface area contributed by atoms with Crippen LogP contribution in [0.4, 0.5) is 5.00 Å². The Hall–Kier alpha value is -2.10. The van der Waals surface area contributed by atoms with Gasteiger partial charge in [0.25, 0.3) is 5.91 Å². The SMILES string of the molecule is CCOC(Cc1ccc(OCCN2C(=O)COc3ccsc32)c(Br)c1)C(=O)O. The molecular formula is C19H20BrNO6S. The number of carboxylic acids is 1. The van der Waals surface area contributed by atoms with Gasteiger partial charge in [0.05, 0.1) is 11.0 Å². The maximum atomic E-state index is 12.1. The average molecular weight is 470 g/mol. The Morgan fingerprint density at radius 2 is 2.25 bits per heavy atom. The highest BCUT2D eigenvalue weighted by Gasteiger charge is 2.26. The summed E-state index contributed by atoms with van der Waals surface area (Å²) in [4.78, 5) is 25.0. The van der Waals surface area contributed by atoms with Crippen LogP contribution in [0.5, 0.6) is 11.5 Å². The van der Waals surface area contributed by atoms with Crippen molar-refractivity contribution in [3.8, 4) is 11.5 Å². The third-order valence-electron chi connectivity index (χ3n) is 4.14. The van der Waals surface area contributed by atoms with E-state index >= 15 is 0 Å². The van der Waals surface area contributed by atoms with Crippen molar-refractivity contribution < 1.29 is 28.9 Å². The van der Waals surface area contributed by atoms with Gasteiger partial charge in [-0.1, -0.05) is 6.07 Å². The minimum absolute atomic E-state index is 0.0344. The highest BCUT2D eigenvalue weighted by atomic mass is 79.9. The molecule has 1 amide bonds. The van der Waals surface area contributed by atoms with Gasteiger partial charge in [-0.25, -0.2) is 4.79 Å². The fourth-order valence-corrected chi connectivity index (χ4v) is 4.25. The first-order valence-electron chi connectivity index (χ1n) is 8.76. The molecule has 9 heteroatoms. The first kappa shape index (κ1) is 20.6. The predicted molar refractivity (Wildman–Crippen MR) is 109 cm³/mol.